The zero-order valence-corrected chi connectivity index (χ0v) is 11.7. The van der Waals surface area contributed by atoms with Gasteiger partial charge in [-0.25, -0.2) is 4.98 Å². The second-order valence-electron chi connectivity index (χ2n) is 4.31. The molecular formula is C13H24N2S. The number of hydrogen-bond acceptors (Lipinski definition) is 3. The second-order valence-corrected chi connectivity index (χ2v) is 5.58. The van der Waals surface area contributed by atoms with Crippen molar-refractivity contribution < 1.29 is 0 Å². The van der Waals surface area contributed by atoms with Crippen LogP contribution in [0.4, 0.5) is 0 Å². The lowest BCUT2D eigenvalue weighted by Crippen LogP contribution is -2.22. The first-order valence-electron chi connectivity index (χ1n) is 6.36. The number of aromatic nitrogens is 1. The van der Waals surface area contributed by atoms with Crippen molar-refractivity contribution in [1.29, 1.82) is 0 Å². The molecule has 1 unspecified atom stereocenters. The predicted molar refractivity (Wildman–Crippen MR) is 72.0 cm³/mol. The monoisotopic (exact) mass is 240 g/mol. The maximum atomic E-state index is 4.36. The topological polar surface area (TPSA) is 24.9 Å². The molecule has 0 saturated carbocycles. The normalized spacial score (nSPS) is 13.3. The van der Waals surface area contributed by atoms with Gasteiger partial charge in [0.05, 0.1) is 5.01 Å². The van der Waals surface area contributed by atoms with Gasteiger partial charge in [0.1, 0.15) is 0 Å². The second kappa shape index (κ2) is 7.02. The number of aryl methyl sites for hydroxylation is 1. The summed E-state index contributed by atoms with van der Waals surface area (Å²) in [5.74, 6) is 0.825. The molecule has 1 aromatic heterocycles. The Morgan fingerprint density at radius 3 is 2.44 bits per heavy atom. The van der Waals surface area contributed by atoms with Gasteiger partial charge in [-0.3, -0.25) is 0 Å². The lowest BCUT2D eigenvalue weighted by molar-refractivity contribution is 0.378. The van der Waals surface area contributed by atoms with E-state index in [0.29, 0.717) is 6.04 Å². The summed E-state index contributed by atoms with van der Waals surface area (Å²) >= 11 is 1.83. The highest BCUT2D eigenvalue weighted by molar-refractivity contribution is 7.11. The van der Waals surface area contributed by atoms with Crippen LogP contribution in [0.5, 0.6) is 0 Å². The molecule has 1 atom stereocenters. The highest BCUT2D eigenvalue weighted by Crippen LogP contribution is 2.28. The van der Waals surface area contributed by atoms with Crippen molar-refractivity contribution in [1.82, 2.24) is 10.3 Å². The van der Waals surface area contributed by atoms with Crippen molar-refractivity contribution in [2.45, 2.75) is 53.0 Å². The molecule has 1 rings (SSSR count). The summed E-state index contributed by atoms with van der Waals surface area (Å²) in [7, 11) is 0. The van der Waals surface area contributed by atoms with E-state index in [1.165, 1.54) is 29.1 Å². The van der Waals surface area contributed by atoms with Crippen LogP contribution in [-0.4, -0.2) is 11.5 Å². The van der Waals surface area contributed by atoms with E-state index in [1.807, 2.05) is 17.5 Å². The first kappa shape index (κ1) is 13.7. The van der Waals surface area contributed by atoms with Crippen LogP contribution >= 0.6 is 11.3 Å². The van der Waals surface area contributed by atoms with E-state index in [2.05, 4.69) is 38.0 Å². The number of nitrogens with zero attached hydrogens (tertiary/aromatic N) is 1. The van der Waals surface area contributed by atoms with Gasteiger partial charge in [0, 0.05) is 17.1 Å². The van der Waals surface area contributed by atoms with Crippen LogP contribution in [0, 0.1) is 12.8 Å². The van der Waals surface area contributed by atoms with Gasteiger partial charge in [0.2, 0.25) is 0 Å². The van der Waals surface area contributed by atoms with Crippen LogP contribution in [0.3, 0.4) is 0 Å². The number of hydrogen-bond donors (Lipinski definition) is 1. The van der Waals surface area contributed by atoms with Crippen molar-refractivity contribution in [3.05, 3.63) is 16.1 Å². The quantitative estimate of drug-likeness (QED) is 0.781. The van der Waals surface area contributed by atoms with E-state index in [-0.39, 0.29) is 0 Å². The smallest absolute Gasteiger partial charge is 0.0897 e. The van der Waals surface area contributed by atoms with Crippen LogP contribution in [0.2, 0.25) is 0 Å². The Labute approximate surface area is 103 Å². The summed E-state index contributed by atoms with van der Waals surface area (Å²) in [5.41, 5.74) is 0. The van der Waals surface area contributed by atoms with Crippen molar-refractivity contribution in [3.63, 3.8) is 0 Å². The summed E-state index contributed by atoms with van der Waals surface area (Å²) in [4.78, 5) is 5.75. The summed E-state index contributed by atoms with van der Waals surface area (Å²) in [5, 5.41) is 4.75. The van der Waals surface area contributed by atoms with Gasteiger partial charge in [0.15, 0.2) is 0 Å². The average molecular weight is 240 g/mol. The maximum absolute atomic E-state index is 4.36. The molecular weight excluding hydrogens is 216 g/mol. The molecule has 1 heterocycles. The van der Waals surface area contributed by atoms with E-state index >= 15 is 0 Å². The fraction of sp³-hybridized carbons (Fsp3) is 0.769. The minimum absolute atomic E-state index is 0.501. The Morgan fingerprint density at radius 2 is 2.00 bits per heavy atom. The predicted octanol–water partition coefficient (Wildman–Crippen LogP) is 3.93. The first-order chi connectivity index (χ1) is 7.71. The van der Waals surface area contributed by atoms with Crippen LogP contribution in [-0.2, 0) is 0 Å². The number of thiazole rings is 1. The van der Waals surface area contributed by atoms with Crippen LogP contribution < -0.4 is 5.32 Å². The Bertz CT molecular complexity index is 292. The van der Waals surface area contributed by atoms with E-state index < -0.39 is 0 Å². The van der Waals surface area contributed by atoms with Gasteiger partial charge in [-0.05, 0) is 25.8 Å². The fourth-order valence-corrected chi connectivity index (χ4v) is 2.91. The van der Waals surface area contributed by atoms with Crippen molar-refractivity contribution >= 4 is 11.3 Å². The van der Waals surface area contributed by atoms with Gasteiger partial charge < -0.3 is 5.32 Å². The largest absolute Gasteiger partial charge is 0.309 e. The Balaban J connectivity index is 2.66. The molecule has 16 heavy (non-hydrogen) atoms. The van der Waals surface area contributed by atoms with E-state index in [9.17, 15) is 0 Å². The minimum Gasteiger partial charge on any atom is -0.309 e. The third-order valence-corrected chi connectivity index (χ3v) is 4.18. The standard InChI is InChI=1S/C13H24N2S/c1-5-11(6-2)8-12(14-7-3)13-9-15-10(4)16-13/h9,11-12,14H,5-8H2,1-4H3. The summed E-state index contributed by atoms with van der Waals surface area (Å²) in [6, 6.07) is 0.501. The van der Waals surface area contributed by atoms with Gasteiger partial charge in [0.25, 0.3) is 0 Å². The fourth-order valence-electron chi connectivity index (χ4n) is 2.04. The molecule has 0 aliphatic rings. The van der Waals surface area contributed by atoms with Gasteiger partial charge in [-0.1, -0.05) is 33.6 Å². The molecule has 0 spiro atoms. The van der Waals surface area contributed by atoms with Crippen LogP contribution in [0.15, 0.2) is 6.20 Å². The van der Waals surface area contributed by atoms with E-state index in [4.69, 9.17) is 0 Å². The van der Waals surface area contributed by atoms with E-state index in [0.717, 1.165) is 12.5 Å². The maximum Gasteiger partial charge on any atom is 0.0897 e. The molecule has 3 heteroatoms. The zero-order chi connectivity index (χ0) is 12.0. The lowest BCUT2D eigenvalue weighted by atomic mass is 9.94. The molecule has 0 aromatic carbocycles. The van der Waals surface area contributed by atoms with Crippen molar-refractivity contribution in [3.8, 4) is 0 Å². The summed E-state index contributed by atoms with van der Waals surface area (Å²) < 4.78 is 0. The Hall–Kier alpha value is -0.410. The third-order valence-electron chi connectivity index (χ3n) is 3.16. The molecule has 1 aromatic rings. The van der Waals surface area contributed by atoms with Crippen LogP contribution in [0.1, 0.15) is 56.0 Å². The van der Waals surface area contributed by atoms with Gasteiger partial charge >= 0.3 is 0 Å². The highest BCUT2D eigenvalue weighted by atomic mass is 32.1. The van der Waals surface area contributed by atoms with Crippen molar-refractivity contribution in [2.24, 2.45) is 5.92 Å². The molecule has 0 radical (unpaired) electrons. The first-order valence-corrected chi connectivity index (χ1v) is 7.18. The SMILES string of the molecule is CCNC(CC(CC)CC)c1cnc(C)s1. The molecule has 0 amide bonds. The lowest BCUT2D eigenvalue weighted by Gasteiger charge is -2.21. The zero-order valence-electron chi connectivity index (χ0n) is 10.9. The van der Waals surface area contributed by atoms with E-state index in [1.54, 1.807) is 0 Å². The van der Waals surface area contributed by atoms with Gasteiger partial charge in [-0.15, -0.1) is 11.3 Å². The third kappa shape index (κ3) is 3.87. The van der Waals surface area contributed by atoms with Crippen LogP contribution in [0.25, 0.3) is 0 Å². The molecule has 0 bridgehead atoms. The molecule has 92 valence electrons. The molecule has 0 fully saturated rings. The molecule has 0 saturated heterocycles. The molecule has 0 aliphatic heterocycles. The summed E-state index contributed by atoms with van der Waals surface area (Å²) in [6.07, 6.45) is 5.82. The van der Waals surface area contributed by atoms with Crippen molar-refractivity contribution in [2.75, 3.05) is 6.54 Å². The average Bonchev–Trinajstić information content (AvgIpc) is 2.71. The Kier molecular flexibility index (Phi) is 5.99. The number of rotatable bonds is 7. The number of nitrogens with one attached hydrogen (secondary N) is 1. The summed E-state index contributed by atoms with van der Waals surface area (Å²) in [6.45, 7) is 9.86. The Morgan fingerprint density at radius 1 is 1.31 bits per heavy atom. The molecule has 1 N–H and O–H groups in total. The highest BCUT2D eigenvalue weighted by Gasteiger charge is 2.17. The van der Waals surface area contributed by atoms with Gasteiger partial charge in [-0.2, -0.15) is 0 Å². The molecule has 0 aliphatic carbocycles. The molecule has 2 nitrogen and oxygen atoms in total. The minimum atomic E-state index is 0.501.